The van der Waals surface area contributed by atoms with Crippen LogP contribution in [0.15, 0.2) is 12.1 Å². The topological polar surface area (TPSA) is 0 Å². The van der Waals surface area contributed by atoms with Gasteiger partial charge in [0.2, 0.25) is 0 Å². The highest BCUT2D eigenvalue weighted by Gasteiger charge is 2.06. The Kier molecular flexibility index (Phi) is 3.40. The van der Waals surface area contributed by atoms with E-state index in [1.807, 2.05) is 0 Å². The molecule has 0 atom stereocenters. The predicted molar refractivity (Wildman–Crippen MR) is 53.7 cm³/mol. The standard InChI is InChI=1S/C7H4Cl2FI/c8-3-4-1-5(11)2-6(9)7(4)10/h1-2H,3H2. The quantitative estimate of drug-likeness (QED) is 0.420. The number of alkyl halides is 1. The highest BCUT2D eigenvalue weighted by Crippen LogP contribution is 2.22. The van der Waals surface area contributed by atoms with Gasteiger partial charge in [-0.2, -0.15) is 0 Å². The largest absolute Gasteiger partial charge is 0.205 e. The van der Waals surface area contributed by atoms with Crippen LogP contribution in [0.2, 0.25) is 5.02 Å². The molecule has 0 saturated carbocycles. The van der Waals surface area contributed by atoms with Gasteiger partial charge in [-0.3, -0.25) is 0 Å². The lowest BCUT2D eigenvalue weighted by atomic mass is 10.2. The first-order valence-electron chi connectivity index (χ1n) is 2.84. The minimum Gasteiger partial charge on any atom is -0.205 e. The predicted octanol–water partition coefficient (Wildman–Crippen LogP) is 3.82. The molecule has 0 radical (unpaired) electrons. The summed E-state index contributed by atoms with van der Waals surface area (Å²) in [5.74, 6) is -0.260. The van der Waals surface area contributed by atoms with E-state index in [1.165, 1.54) is 0 Å². The molecule has 0 aliphatic rings. The number of halogens is 4. The van der Waals surface area contributed by atoms with Gasteiger partial charge in [-0.15, -0.1) is 11.6 Å². The Labute approximate surface area is 87.8 Å². The van der Waals surface area contributed by atoms with E-state index >= 15 is 0 Å². The van der Waals surface area contributed by atoms with Crippen molar-refractivity contribution in [3.05, 3.63) is 32.1 Å². The highest BCUT2D eigenvalue weighted by molar-refractivity contribution is 14.1. The van der Waals surface area contributed by atoms with Crippen molar-refractivity contribution in [1.82, 2.24) is 0 Å². The first kappa shape index (κ1) is 9.55. The molecule has 0 spiro atoms. The number of hydrogen-bond acceptors (Lipinski definition) is 0. The Balaban J connectivity index is 3.24. The SMILES string of the molecule is Fc1c(Cl)cc(I)cc1CCl. The molecule has 0 aliphatic carbocycles. The Morgan fingerprint density at radius 3 is 2.64 bits per heavy atom. The minimum absolute atomic E-state index is 0.132. The molecular weight excluding hydrogens is 301 g/mol. The van der Waals surface area contributed by atoms with Gasteiger partial charge in [0.05, 0.1) is 10.9 Å². The Morgan fingerprint density at radius 2 is 2.09 bits per heavy atom. The fourth-order valence-electron chi connectivity index (χ4n) is 0.707. The van der Waals surface area contributed by atoms with Gasteiger partial charge >= 0.3 is 0 Å². The lowest BCUT2D eigenvalue weighted by Gasteiger charge is -2.00. The zero-order chi connectivity index (χ0) is 8.43. The zero-order valence-electron chi connectivity index (χ0n) is 5.37. The van der Waals surface area contributed by atoms with Gasteiger partial charge in [-0.05, 0) is 34.7 Å². The highest BCUT2D eigenvalue weighted by atomic mass is 127. The molecule has 1 aromatic rings. The summed E-state index contributed by atoms with van der Waals surface area (Å²) in [6.07, 6.45) is 0. The molecule has 0 aliphatic heterocycles. The first-order chi connectivity index (χ1) is 5.15. The van der Waals surface area contributed by atoms with Gasteiger partial charge in [0.1, 0.15) is 5.82 Å². The second kappa shape index (κ2) is 3.92. The van der Waals surface area contributed by atoms with E-state index in [0.717, 1.165) is 3.57 Å². The van der Waals surface area contributed by atoms with Crippen molar-refractivity contribution >= 4 is 45.8 Å². The van der Waals surface area contributed by atoms with Crippen molar-refractivity contribution in [3.63, 3.8) is 0 Å². The van der Waals surface area contributed by atoms with E-state index in [9.17, 15) is 4.39 Å². The third-order valence-corrected chi connectivity index (χ3v) is 2.40. The fourth-order valence-corrected chi connectivity index (χ4v) is 2.01. The molecule has 0 aromatic heterocycles. The van der Waals surface area contributed by atoms with E-state index in [-0.39, 0.29) is 10.9 Å². The third-order valence-electron chi connectivity index (χ3n) is 1.21. The van der Waals surface area contributed by atoms with Crippen LogP contribution in [0.25, 0.3) is 0 Å². The second-order valence-corrected chi connectivity index (χ2v) is 3.91. The van der Waals surface area contributed by atoms with Gasteiger partial charge in [-0.25, -0.2) is 4.39 Å². The van der Waals surface area contributed by atoms with Crippen LogP contribution < -0.4 is 0 Å². The number of rotatable bonds is 1. The van der Waals surface area contributed by atoms with Crippen molar-refractivity contribution < 1.29 is 4.39 Å². The fraction of sp³-hybridized carbons (Fsp3) is 0.143. The Hall–Kier alpha value is 0.460. The van der Waals surface area contributed by atoms with Crippen molar-refractivity contribution in [3.8, 4) is 0 Å². The van der Waals surface area contributed by atoms with Crippen LogP contribution in [0.3, 0.4) is 0 Å². The van der Waals surface area contributed by atoms with Crippen LogP contribution in [0, 0.1) is 9.39 Å². The first-order valence-corrected chi connectivity index (χ1v) is 4.83. The molecule has 0 saturated heterocycles. The lowest BCUT2D eigenvalue weighted by Crippen LogP contribution is -1.88. The summed E-state index contributed by atoms with van der Waals surface area (Å²) in [4.78, 5) is 0. The van der Waals surface area contributed by atoms with E-state index < -0.39 is 5.82 Å². The molecular formula is C7H4Cl2FI. The van der Waals surface area contributed by atoms with Crippen LogP contribution in [-0.2, 0) is 5.88 Å². The molecule has 1 rings (SSSR count). The third kappa shape index (κ3) is 2.20. The van der Waals surface area contributed by atoms with Crippen LogP contribution in [-0.4, -0.2) is 0 Å². The van der Waals surface area contributed by atoms with Crippen LogP contribution in [0.5, 0.6) is 0 Å². The normalized spacial score (nSPS) is 10.2. The lowest BCUT2D eigenvalue weighted by molar-refractivity contribution is 0.617. The Morgan fingerprint density at radius 1 is 1.45 bits per heavy atom. The second-order valence-electron chi connectivity index (χ2n) is 1.99. The maximum atomic E-state index is 13.0. The molecule has 0 bridgehead atoms. The molecule has 0 amide bonds. The van der Waals surface area contributed by atoms with E-state index in [2.05, 4.69) is 22.6 Å². The average molecular weight is 305 g/mol. The molecule has 0 fully saturated rings. The van der Waals surface area contributed by atoms with Gasteiger partial charge < -0.3 is 0 Å². The van der Waals surface area contributed by atoms with Crippen molar-refractivity contribution in [1.29, 1.82) is 0 Å². The zero-order valence-corrected chi connectivity index (χ0v) is 9.04. The van der Waals surface area contributed by atoms with Crippen LogP contribution in [0.4, 0.5) is 4.39 Å². The van der Waals surface area contributed by atoms with Gasteiger partial charge in [0, 0.05) is 9.13 Å². The smallest absolute Gasteiger partial charge is 0.146 e. The summed E-state index contributed by atoms with van der Waals surface area (Å²) in [7, 11) is 0. The summed E-state index contributed by atoms with van der Waals surface area (Å²) in [6, 6.07) is 3.24. The maximum absolute atomic E-state index is 13.0. The summed E-state index contributed by atoms with van der Waals surface area (Å²) in [5, 5.41) is 0.132. The van der Waals surface area contributed by atoms with Crippen molar-refractivity contribution in [2.75, 3.05) is 0 Å². The summed E-state index contributed by atoms with van der Waals surface area (Å²) >= 11 is 13.1. The average Bonchev–Trinajstić information content (AvgIpc) is 1.96. The molecule has 11 heavy (non-hydrogen) atoms. The van der Waals surface area contributed by atoms with E-state index in [4.69, 9.17) is 23.2 Å². The van der Waals surface area contributed by atoms with Gasteiger partial charge in [-0.1, -0.05) is 11.6 Å². The number of hydrogen-bond donors (Lipinski definition) is 0. The van der Waals surface area contributed by atoms with Gasteiger partial charge in [0.25, 0.3) is 0 Å². The van der Waals surface area contributed by atoms with Crippen molar-refractivity contribution in [2.45, 2.75) is 5.88 Å². The molecule has 0 N–H and O–H groups in total. The van der Waals surface area contributed by atoms with Crippen LogP contribution >= 0.6 is 45.8 Å². The molecule has 0 unspecified atom stereocenters. The van der Waals surface area contributed by atoms with Crippen LogP contribution in [0.1, 0.15) is 5.56 Å². The Bertz CT molecular complexity index is 275. The van der Waals surface area contributed by atoms with Gasteiger partial charge in [0.15, 0.2) is 0 Å². The molecule has 1 aromatic carbocycles. The molecule has 0 heterocycles. The minimum atomic E-state index is -0.415. The summed E-state index contributed by atoms with van der Waals surface area (Å²) in [6.45, 7) is 0. The summed E-state index contributed by atoms with van der Waals surface area (Å²) in [5.41, 5.74) is 0.448. The number of benzene rings is 1. The molecule has 60 valence electrons. The van der Waals surface area contributed by atoms with E-state index in [0.29, 0.717) is 5.56 Å². The van der Waals surface area contributed by atoms with Crippen molar-refractivity contribution in [2.24, 2.45) is 0 Å². The summed E-state index contributed by atoms with van der Waals surface area (Å²) < 4.78 is 13.9. The molecule has 4 heteroatoms. The van der Waals surface area contributed by atoms with E-state index in [1.54, 1.807) is 12.1 Å². The maximum Gasteiger partial charge on any atom is 0.146 e. The molecule has 0 nitrogen and oxygen atoms in total. The monoisotopic (exact) mass is 304 g/mol.